The zero-order chi connectivity index (χ0) is 16.3. The monoisotopic (exact) mass is 322 g/mol. The Morgan fingerprint density at radius 3 is 2.59 bits per heavy atom. The second-order valence-corrected chi connectivity index (χ2v) is 7.28. The van der Waals surface area contributed by atoms with Crippen LogP contribution in [0.4, 0.5) is 0 Å². The van der Waals surface area contributed by atoms with E-state index in [1.54, 1.807) is 19.9 Å². The number of hydrogen-bond acceptors (Lipinski definition) is 3. The van der Waals surface area contributed by atoms with Crippen LogP contribution < -0.4 is 10.5 Å². The first-order chi connectivity index (χ1) is 10.3. The van der Waals surface area contributed by atoms with Crippen molar-refractivity contribution in [2.24, 2.45) is 5.14 Å². The van der Waals surface area contributed by atoms with E-state index < -0.39 is 10.0 Å². The summed E-state index contributed by atoms with van der Waals surface area (Å²) in [6.07, 6.45) is 6.59. The zero-order valence-electron chi connectivity index (χ0n) is 13.0. The van der Waals surface area contributed by atoms with E-state index in [1.165, 1.54) is 18.1 Å². The highest BCUT2D eigenvalue weighted by Gasteiger charge is 2.17. The Balaban J connectivity index is 2.19. The number of hydrogen-bond donors (Lipinski definition) is 2. The third-order valence-electron chi connectivity index (χ3n) is 4.05. The highest BCUT2D eigenvalue weighted by atomic mass is 32.2. The molecular formula is C16H22N2O3S. The topological polar surface area (TPSA) is 89.3 Å². The van der Waals surface area contributed by atoms with Crippen LogP contribution in [0.15, 0.2) is 28.7 Å². The van der Waals surface area contributed by atoms with Crippen molar-refractivity contribution in [1.29, 1.82) is 0 Å². The number of amides is 1. The molecule has 0 radical (unpaired) electrons. The smallest absolute Gasteiger partial charge is 0.251 e. The van der Waals surface area contributed by atoms with Gasteiger partial charge in [-0.2, -0.15) is 0 Å². The van der Waals surface area contributed by atoms with E-state index in [0.29, 0.717) is 17.7 Å². The van der Waals surface area contributed by atoms with Gasteiger partial charge in [0.1, 0.15) is 0 Å². The molecule has 0 heterocycles. The lowest BCUT2D eigenvalue weighted by Gasteiger charge is -2.14. The van der Waals surface area contributed by atoms with Crippen molar-refractivity contribution in [2.75, 3.05) is 6.54 Å². The fraction of sp³-hybridized carbons (Fsp3) is 0.438. The molecule has 0 unspecified atom stereocenters. The number of nitrogens with two attached hydrogens (primary N) is 1. The lowest BCUT2D eigenvalue weighted by molar-refractivity contribution is 0.0956. The van der Waals surface area contributed by atoms with Crippen molar-refractivity contribution >= 4 is 15.9 Å². The molecule has 2 rings (SSSR count). The van der Waals surface area contributed by atoms with E-state index >= 15 is 0 Å². The summed E-state index contributed by atoms with van der Waals surface area (Å²) in [6, 6.07) is 3.04. The molecule has 1 aliphatic carbocycles. The van der Waals surface area contributed by atoms with Crippen LogP contribution >= 0.6 is 0 Å². The number of carbonyl (C=O) groups excluding carboxylic acids is 1. The fourth-order valence-corrected chi connectivity index (χ4v) is 3.49. The largest absolute Gasteiger partial charge is 0.348 e. The Labute approximate surface area is 131 Å². The Bertz CT molecular complexity index is 721. The molecule has 1 aromatic rings. The summed E-state index contributed by atoms with van der Waals surface area (Å²) in [7, 11) is -3.84. The molecule has 0 spiro atoms. The predicted molar refractivity (Wildman–Crippen MR) is 86.2 cm³/mol. The maximum atomic E-state index is 12.3. The van der Waals surface area contributed by atoms with Gasteiger partial charge in [0.2, 0.25) is 10.0 Å². The summed E-state index contributed by atoms with van der Waals surface area (Å²) in [6.45, 7) is 3.96. The molecule has 0 saturated carbocycles. The molecule has 1 aliphatic rings. The van der Waals surface area contributed by atoms with Crippen LogP contribution in [0.5, 0.6) is 0 Å². The average Bonchev–Trinajstić information content (AvgIpc) is 2.47. The number of sulfonamides is 1. The maximum absolute atomic E-state index is 12.3. The second-order valence-electron chi connectivity index (χ2n) is 5.75. The quantitative estimate of drug-likeness (QED) is 0.833. The molecule has 0 saturated heterocycles. The van der Waals surface area contributed by atoms with Gasteiger partial charge < -0.3 is 5.32 Å². The normalized spacial score (nSPS) is 15.3. The third-order valence-corrected chi connectivity index (χ3v) is 5.09. The van der Waals surface area contributed by atoms with Crippen molar-refractivity contribution < 1.29 is 13.2 Å². The highest BCUT2D eigenvalue weighted by molar-refractivity contribution is 7.89. The number of carbonyl (C=O) groups is 1. The van der Waals surface area contributed by atoms with Gasteiger partial charge in [0.25, 0.3) is 5.91 Å². The Kier molecular flexibility index (Phi) is 5.03. The number of primary sulfonamides is 1. The van der Waals surface area contributed by atoms with Gasteiger partial charge in [0, 0.05) is 12.1 Å². The van der Waals surface area contributed by atoms with Crippen molar-refractivity contribution in [2.45, 2.75) is 44.4 Å². The van der Waals surface area contributed by atoms with E-state index in [2.05, 4.69) is 11.4 Å². The van der Waals surface area contributed by atoms with Gasteiger partial charge in [0.15, 0.2) is 0 Å². The molecule has 6 heteroatoms. The first-order valence-electron chi connectivity index (χ1n) is 7.39. The van der Waals surface area contributed by atoms with Crippen LogP contribution in [0.25, 0.3) is 0 Å². The molecule has 1 amide bonds. The zero-order valence-corrected chi connectivity index (χ0v) is 13.8. The van der Waals surface area contributed by atoms with Crippen LogP contribution in [0.1, 0.15) is 47.2 Å². The summed E-state index contributed by atoms with van der Waals surface area (Å²) < 4.78 is 23.2. The van der Waals surface area contributed by atoms with Crippen molar-refractivity contribution in [3.8, 4) is 0 Å². The minimum absolute atomic E-state index is 0.00883. The van der Waals surface area contributed by atoms with E-state index in [0.717, 1.165) is 24.8 Å². The fourth-order valence-electron chi connectivity index (χ4n) is 2.61. The summed E-state index contributed by atoms with van der Waals surface area (Å²) in [5.74, 6) is -0.278. The van der Waals surface area contributed by atoms with Crippen molar-refractivity contribution in [3.05, 3.63) is 40.5 Å². The summed E-state index contributed by atoms with van der Waals surface area (Å²) in [5.41, 5.74) is 2.86. The van der Waals surface area contributed by atoms with Gasteiger partial charge >= 0.3 is 0 Å². The van der Waals surface area contributed by atoms with E-state index in [-0.39, 0.29) is 10.8 Å². The number of allylic oxidation sites excluding steroid dienone is 1. The minimum Gasteiger partial charge on any atom is -0.348 e. The van der Waals surface area contributed by atoms with E-state index in [1.807, 2.05) is 0 Å². The molecule has 0 aliphatic heterocycles. The molecule has 120 valence electrons. The van der Waals surface area contributed by atoms with E-state index in [9.17, 15) is 13.2 Å². The molecule has 0 bridgehead atoms. The molecule has 3 N–H and O–H groups in total. The predicted octanol–water partition coefficient (Wildman–Crippen LogP) is 2.18. The first-order valence-corrected chi connectivity index (χ1v) is 8.94. The number of benzene rings is 1. The third kappa shape index (κ3) is 3.96. The Hall–Kier alpha value is -1.66. The van der Waals surface area contributed by atoms with Gasteiger partial charge in [0.05, 0.1) is 4.90 Å². The molecule has 0 atom stereocenters. The van der Waals surface area contributed by atoms with Gasteiger partial charge in [-0.1, -0.05) is 11.6 Å². The van der Waals surface area contributed by atoms with Crippen molar-refractivity contribution in [3.63, 3.8) is 0 Å². The van der Waals surface area contributed by atoms with Gasteiger partial charge in [-0.05, 0) is 62.8 Å². The van der Waals surface area contributed by atoms with Crippen molar-refractivity contribution in [1.82, 2.24) is 5.32 Å². The van der Waals surface area contributed by atoms with Crippen LogP contribution in [-0.2, 0) is 10.0 Å². The van der Waals surface area contributed by atoms with Gasteiger partial charge in [-0.15, -0.1) is 0 Å². The lowest BCUT2D eigenvalue weighted by Crippen LogP contribution is -2.27. The maximum Gasteiger partial charge on any atom is 0.251 e. The number of rotatable bonds is 4. The minimum atomic E-state index is -3.84. The summed E-state index contributed by atoms with van der Waals surface area (Å²) in [4.78, 5) is 12.3. The molecule has 0 aromatic heterocycles. The standard InChI is InChI=1S/C16H22N2O3S/c1-11-8-14(9-15(12(11)2)22(17,20)21)16(19)18-10-13-6-4-3-5-7-13/h6,8-9H,3-5,7,10H2,1-2H3,(H,18,19)(H2,17,20,21). The Morgan fingerprint density at radius 1 is 1.27 bits per heavy atom. The average molecular weight is 322 g/mol. The molecule has 5 nitrogen and oxygen atoms in total. The summed E-state index contributed by atoms with van der Waals surface area (Å²) in [5, 5.41) is 8.07. The van der Waals surface area contributed by atoms with Crippen LogP contribution in [0.3, 0.4) is 0 Å². The number of nitrogens with one attached hydrogen (secondary N) is 1. The molecule has 1 aromatic carbocycles. The molecular weight excluding hydrogens is 300 g/mol. The summed E-state index contributed by atoms with van der Waals surface area (Å²) >= 11 is 0. The highest BCUT2D eigenvalue weighted by Crippen LogP contribution is 2.20. The van der Waals surface area contributed by atoms with Crippen LogP contribution in [0.2, 0.25) is 0 Å². The Morgan fingerprint density at radius 2 is 2.00 bits per heavy atom. The van der Waals surface area contributed by atoms with Gasteiger partial charge in [-0.3, -0.25) is 4.79 Å². The lowest BCUT2D eigenvalue weighted by atomic mass is 9.99. The van der Waals surface area contributed by atoms with Crippen LogP contribution in [0, 0.1) is 13.8 Å². The van der Waals surface area contributed by atoms with E-state index in [4.69, 9.17) is 5.14 Å². The van der Waals surface area contributed by atoms with Gasteiger partial charge in [-0.25, -0.2) is 13.6 Å². The molecule has 0 fully saturated rings. The first kappa shape index (κ1) is 16.7. The SMILES string of the molecule is Cc1cc(C(=O)NCC2=CCCCC2)cc(S(N)(=O)=O)c1C. The molecule has 22 heavy (non-hydrogen) atoms. The second kappa shape index (κ2) is 6.62. The van der Waals surface area contributed by atoms with Crippen LogP contribution in [-0.4, -0.2) is 20.9 Å². The number of aryl methyl sites for hydroxylation is 1.